The lowest BCUT2D eigenvalue weighted by molar-refractivity contribution is 0.582. The van der Waals surface area contributed by atoms with E-state index in [1.165, 1.54) is 6.42 Å². The zero-order valence-corrected chi connectivity index (χ0v) is 10.0. The summed E-state index contributed by atoms with van der Waals surface area (Å²) in [7, 11) is 0.576. The second kappa shape index (κ2) is 4.03. The molecule has 1 nitrogen and oxygen atoms in total. The van der Waals surface area contributed by atoms with Crippen molar-refractivity contribution in [1.82, 2.24) is 0 Å². The Morgan fingerprint density at radius 1 is 1.89 bits per heavy atom. The topological polar surface area (TPSA) is 9.23 Å². The van der Waals surface area contributed by atoms with E-state index in [0.717, 1.165) is 10.5 Å². The summed E-state index contributed by atoms with van der Waals surface area (Å²) < 4.78 is 5.30. The fourth-order valence-electron chi connectivity index (χ4n) is 0.635. The lowest BCUT2D eigenvalue weighted by atomic mass is 10.1. The quantitative estimate of drug-likeness (QED) is 0.420. The molecule has 0 aliphatic heterocycles. The van der Waals surface area contributed by atoms with Gasteiger partial charge in [0, 0.05) is 0 Å². The summed E-state index contributed by atoms with van der Waals surface area (Å²) in [5.41, 5.74) is 0. The molecule has 0 bridgehead atoms. The monoisotopic (exact) mass is 160 g/mol. The first-order chi connectivity index (χ1) is 4.18. The van der Waals surface area contributed by atoms with E-state index in [1.54, 1.807) is 0 Å². The molecule has 0 saturated heterocycles. The molecule has 0 fully saturated rings. The van der Waals surface area contributed by atoms with Crippen molar-refractivity contribution in [3.05, 3.63) is 12.7 Å². The Morgan fingerprint density at radius 3 is 2.56 bits per heavy atom. The van der Waals surface area contributed by atoms with Crippen molar-refractivity contribution in [3.8, 4) is 0 Å². The second-order valence-corrected chi connectivity index (χ2v) is 6.86. The Hall–Kier alpha value is 0.134. The highest BCUT2D eigenvalue weighted by Gasteiger charge is 2.16. The van der Waals surface area contributed by atoms with Gasteiger partial charge in [-0.2, -0.15) is 0 Å². The molecule has 0 radical (unpaired) electrons. The van der Waals surface area contributed by atoms with Gasteiger partial charge in [0.05, 0.1) is 0 Å². The summed E-state index contributed by atoms with van der Waals surface area (Å²) in [6, 6.07) is 0. The van der Waals surface area contributed by atoms with E-state index >= 15 is 0 Å². The molecule has 54 valence electrons. The van der Waals surface area contributed by atoms with E-state index in [9.17, 15) is 0 Å². The molecule has 0 aliphatic rings. The molecule has 0 amide bonds. The van der Waals surface area contributed by atoms with Crippen molar-refractivity contribution >= 4 is 20.2 Å². The van der Waals surface area contributed by atoms with Gasteiger partial charge in [-0.1, -0.05) is 19.9 Å². The maximum atomic E-state index is 5.30. The first kappa shape index (κ1) is 9.13. The highest BCUT2D eigenvalue weighted by Crippen LogP contribution is 2.28. The molecule has 9 heavy (non-hydrogen) atoms. The molecule has 0 aromatic carbocycles. The number of allylic oxidation sites excluding steroid dienone is 1. The maximum Gasteiger partial charge on any atom is 0.155 e. The molecule has 0 rings (SSSR count). The van der Waals surface area contributed by atoms with Crippen molar-refractivity contribution < 1.29 is 4.12 Å². The second-order valence-electron chi connectivity index (χ2n) is 2.64. The highest BCUT2D eigenvalue weighted by molar-refractivity contribution is 6.38. The average molecular weight is 160 g/mol. The maximum absolute atomic E-state index is 5.30. The Labute approximate surface area is 63.0 Å². The molecule has 0 aromatic rings. The Bertz CT molecular complexity index is 95.1. The Kier molecular flexibility index (Phi) is 4.09. The van der Waals surface area contributed by atoms with Crippen LogP contribution in [-0.4, -0.2) is 20.2 Å². The molecule has 0 heterocycles. The lowest BCUT2D eigenvalue weighted by Gasteiger charge is -2.21. The van der Waals surface area contributed by atoms with Crippen LogP contribution in [0, 0.1) is 0 Å². The van der Waals surface area contributed by atoms with E-state index < -0.39 is 0 Å². The highest BCUT2D eigenvalue weighted by atomic mass is 28.3. The molecule has 0 aliphatic carbocycles. The first-order valence-corrected chi connectivity index (χ1v) is 5.41. The molecule has 0 aromatic heterocycles. The van der Waals surface area contributed by atoms with Crippen LogP contribution in [0.5, 0.6) is 0 Å². The van der Waals surface area contributed by atoms with Crippen molar-refractivity contribution in [3.63, 3.8) is 0 Å². The normalized spacial score (nSPS) is 18.4. The largest absolute Gasteiger partial charge is 0.467 e. The summed E-state index contributed by atoms with van der Waals surface area (Å²) in [5, 5.41) is 0.349. The zero-order chi connectivity index (χ0) is 7.33. The Morgan fingerprint density at radius 2 is 2.44 bits per heavy atom. The number of hydrogen-bond acceptors (Lipinski definition) is 1. The van der Waals surface area contributed by atoms with Crippen LogP contribution in [-0.2, 0) is 4.12 Å². The summed E-state index contributed by atoms with van der Waals surface area (Å²) in [5.74, 6) is 0. The molecular formula is C6H16OSi2. The van der Waals surface area contributed by atoms with Crippen LogP contribution in [0.2, 0.25) is 5.04 Å². The third kappa shape index (κ3) is 2.98. The lowest BCUT2D eigenvalue weighted by Crippen LogP contribution is -2.15. The minimum Gasteiger partial charge on any atom is -0.467 e. The fourth-order valence-corrected chi connectivity index (χ4v) is 3.59. The van der Waals surface area contributed by atoms with E-state index in [-0.39, 0.29) is 9.76 Å². The van der Waals surface area contributed by atoms with Gasteiger partial charge in [0.25, 0.3) is 0 Å². The predicted octanol–water partition coefficient (Wildman–Crippen LogP) is 0.142. The van der Waals surface area contributed by atoms with Crippen LogP contribution in [0.25, 0.3) is 0 Å². The zero-order valence-electron chi connectivity index (χ0n) is 6.61. The van der Waals surface area contributed by atoms with Gasteiger partial charge in [0.1, 0.15) is 10.5 Å². The van der Waals surface area contributed by atoms with Gasteiger partial charge in [-0.15, -0.1) is 6.58 Å². The van der Waals surface area contributed by atoms with Crippen LogP contribution in [0.1, 0.15) is 20.3 Å². The molecule has 0 spiro atoms. The van der Waals surface area contributed by atoms with Gasteiger partial charge in [-0.3, -0.25) is 0 Å². The van der Waals surface area contributed by atoms with E-state index in [4.69, 9.17) is 4.12 Å². The average Bonchev–Trinajstić information content (AvgIpc) is 1.89. The molecular weight excluding hydrogens is 144 g/mol. The minimum absolute atomic E-state index is 0.317. The van der Waals surface area contributed by atoms with Gasteiger partial charge in [0.2, 0.25) is 0 Å². The molecule has 3 heteroatoms. The van der Waals surface area contributed by atoms with Gasteiger partial charge < -0.3 is 4.12 Å². The Balaban J connectivity index is 3.76. The number of rotatable bonds is 4. The molecule has 1 unspecified atom stereocenters. The summed E-state index contributed by atoms with van der Waals surface area (Å²) >= 11 is 0. The van der Waals surface area contributed by atoms with Crippen molar-refractivity contribution in [2.75, 3.05) is 0 Å². The van der Waals surface area contributed by atoms with Gasteiger partial charge in [-0.25, -0.2) is 0 Å². The van der Waals surface area contributed by atoms with E-state index in [0.29, 0.717) is 5.04 Å². The van der Waals surface area contributed by atoms with Crippen molar-refractivity contribution in [2.45, 2.75) is 25.3 Å². The third-order valence-electron chi connectivity index (χ3n) is 1.77. The van der Waals surface area contributed by atoms with Gasteiger partial charge >= 0.3 is 0 Å². The van der Waals surface area contributed by atoms with Crippen LogP contribution in [0.15, 0.2) is 12.7 Å². The van der Waals surface area contributed by atoms with Crippen LogP contribution in [0.3, 0.4) is 0 Å². The first-order valence-electron chi connectivity index (χ1n) is 3.31. The molecule has 0 saturated carbocycles. The van der Waals surface area contributed by atoms with Gasteiger partial charge in [-0.05, 0) is 11.5 Å². The molecule has 1 atom stereocenters. The van der Waals surface area contributed by atoms with Crippen molar-refractivity contribution in [2.24, 2.45) is 0 Å². The van der Waals surface area contributed by atoms with Crippen LogP contribution < -0.4 is 0 Å². The minimum atomic E-state index is -0.317. The third-order valence-corrected chi connectivity index (χ3v) is 4.38. The summed E-state index contributed by atoms with van der Waals surface area (Å²) in [4.78, 5) is 0. The number of hydrogen-bond donors (Lipinski definition) is 0. The smallest absolute Gasteiger partial charge is 0.155 e. The fraction of sp³-hybridized carbons (Fsp3) is 0.667. The molecule has 0 N–H and O–H groups in total. The van der Waals surface area contributed by atoms with E-state index in [2.05, 4.69) is 20.4 Å². The van der Waals surface area contributed by atoms with Crippen LogP contribution >= 0.6 is 0 Å². The predicted molar refractivity (Wildman–Crippen MR) is 48.4 cm³/mol. The SMILES string of the molecule is C=CC(C)(CC)[SiH2]O[SiH3]. The van der Waals surface area contributed by atoms with Crippen LogP contribution in [0.4, 0.5) is 0 Å². The standard InChI is InChI=1S/C6H16OSi2/c1-4-6(3,5-2)9-7-8/h4H,1,5,9H2,2-3,8H3. The summed E-state index contributed by atoms with van der Waals surface area (Å²) in [6.07, 6.45) is 3.21. The summed E-state index contributed by atoms with van der Waals surface area (Å²) in [6.45, 7) is 8.21. The van der Waals surface area contributed by atoms with Crippen molar-refractivity contribution in [1.29, 1.82) is 0 Å². The van der Waals surface area contributed by atoms with E-state index in [1.807, 2.05) is 6.08 Å². The van der Waals surface area contributed by atoms with Gasteiger partial charge in [0.15, 0.2) is 9.76 Å².